The Morgan fingerprint density at radius 2 is 2.33 bits per heavy atom. The summed E-state index contributed by atoms with van der Waals surface area (Å²) in [6, 6.07) is 0. The molecular formula is C5H9F2NO. The maximum atomic E-state index is 11.4. The van der Waals surface area contributed by atoms with Crippen LogP contribution in [0.3, 0.4) is 0 Å². The molecule has 9 heavy (non-hydrogen) atoms. The van der Waals surface area contributed by atoms with Crippen LogP contribution in [0.5, 0.6) is 0 Å². The molecule has 1 fully saturated rings. The van der Waals surface area contributed by atoms with E-state index in [0.29, 0.717) is 0 Å². The van der Waals surface area contributed by atoms with Crippen molar-refractivity contribution in [2.24, 2.45) is 0 Å². The third-order valence-electron chi connectivity index (χ3n) is 1.29. The van der Waals surface area contributed by atoms with E-state index in [4.69, 9.17) is 4.74 Å². The van der Waals surface area contributed by atoms with Gasteiger partial charge in [0.15, 0.2) is 0 Å². The van der Waals surface area contributed by atoms with Gasteiger partial charge in [-0.2, -0.15) is 8.78 Å². The lowest BCUT2D eigenvalue weighted by Crippen LogP contribution is -2.38. The van der Waals surface area contributed by atoms with Crippen molar-refractivity contribution in [2.75, 3.05) is 13.2 Å². The van der Waals surface area contributed by atoms with Gasteiger partial charge in [0.05, 0.1) is 6.10 Å². The maximum absolute atomic E-state index is 11.4. The van der Waals surface area contributed by atoms with Crippen molar-refractivity contribution in [1.29, 1.82) is 0 Å². The van der Waals surface area contributed by atoms with Crippen LogP contribution in [0, 0.1) is 0 Å². The summed E-state index contributed by atoms with van der Waals surface area (Å²) < 4.78 is 27.7. The van der Waals surface area contributed by atoms with Crippen molar-refractivity contribution in [1.82, 2.24) is 5.32 Å². The minimum atomic E-state index is -2.41. The van der Waals surface area contributed by atoms with Crippen LogP contribution < -0.4 is 5.32 Å². The molecule has 1 heterocycles. The lowest BCUT2D eigenvalue weighted by Gasteiger charge is -2.26. The van der Waals surface area contributed by atoms with Gasteiger partial charge in [0.1, 0.15) is 0 Å². The molecule has 0 saturated carbocycles. The molecule has 1 saturated heterocycles. The van der Waals surface area contributed by atoms with E-state index in [2.05, 4.69) is 0 Å². The van der Waals surface area contributed by atoms with Gasteiger partial charge in [-0.05, 0) is 6.42 Å². The predicted octanol–water partition coefficient (Wildman–Crippen LogP) is 0.587. The molecule has 2 nitrogen and oxygen atoms in total. The zero-order valence-electron chi connectivity index (χ0n) is 4.94. The van der Waals surface area contributed by atoms with Crippen LogP contribution in [0.25, 0.3) is 0 Å². The number of halogens is 2. The molecule has 54 valence electrons. The van der Waals surface area contributed by atoms with Gasteiger partial charge in [-0.1, -0.05) is 0 Å². The van der Waals surface area contributed by atoms with Crippen LogP contribution in [0.15, 0.2) is 0 Å². The molecule has 0 radical (unpaired) electrons. The molecular weight excluding hydrogens is 128 g/mol. The van der Waals surface area contributed by atoms with Gasteiger partial charge < -0.3 is 4.74 Å². The van der Waals surface area contributed by atoms with E-state index in [0.717, 1.165) is 13.0 Å². The van der Waals surface area contributed by atoms with E-state index in [1.807, 2.05) is 5.32 Å². The summed E-state index contributed by atoms with van der Waals surface area (Å²) in [5.41, 5.74) is 0. The van der Waals surface area contributed by atoms with Gasteiger partial charge in [0.25, 0.3) is 6.55 Å². The van der Waals surface area contributed by atoms with Crippen molar-refractivity contribution in [2.45, 2.75) is 19.1 Å². The molecule has 0 aromatic carbocycles. The molecule has 0 amide bonds. The monoisotopic (exact) mass is 137 g/mol. The molecule has 4 heteroatoms. The maximum Gasteiger partial charge on any atom is 0.292 e. The first-order valence-corrected chi connectivity index (χ1v) is 2.92. The Morgan fingerprint density at radius 3 is 2.67 bits per heavy atom. The number of ether oxygens (including phenoxy) is 1. The second-order valence-corrected chi connectivity index (χ2v) is 1.99. The van der Waals surface area contributed by atoms with Crippen molar-refractivity contribution in [3.63, 3.8) is 0 Å². The molecule has 0 spiro atoms. The number of rotatable bonds is 3. The summed E-state index contributed by atoms with van der Waals surface area (Å²) in [5, 5.41) is 1.99. The third kappa shape index (κ3) is 2.24. The topological polar surface area (TPSA) is 21.3 Å². The Bertz CT molecular complexity index is 85.0. The van der Waals surface area contributed by atoms with E-state index in [-0.39, 0.29) is 12.6 Å². The summed E-state index contributed by atoms with van der Waals surface area (Å²) in [6.07, 6.45) is 0.929. The van der Waals surface area contributed by atoms with Gasteiger partial charge in [0.2, 0.25) is 0 Å². The van der Waals surface area contributed by atoms with Crippen LogP contribution in [0.4, 0.5) is 8.78 Å². The Morgan fingerprint density at radius 1 is 1.67 bits per heavy atom. The molecule has 0 aliphatic carbocycles. The lowest BCUT2D eigenvalue weighted by molar-refractivity contribution is -0.0574. The van der Waals surface area contributed by atoms with Crippen LogP contribution in [0.2, 0.25) is 0 Å². The lowest BCUT2D eigenvalue weighted by atomic mass is 10.2. The molecule has 1 rings (SSSR count). The average molecular weight is 137 g/mol. The minimum absolute atomic E-state index is 0.0269. The Labute approximate surface area is 52.2 Å². The first-order valence-electron chi connectivity index (χ1n) is 2.92. The van der Waals surface area contributed by atoms with Crippen molar-refractivity contribution < 1.29 is 13.5 Å². The number of hydrogen-bond donors (Lipinski definition) is 1. The molecule has 1 aliphatic heterocycles. The fourth-order valence-electron chi connectivity index (χ4n) is 0.666. The zero-order valence-corrected chi connectivity index (χ0v) is 4.94. The fourth-order valence-corrected chi connectivity index (χ4v) is 0.666. The first kappa shape index (κ1) is 6.89. The van der Waals surface area contributed by atoms with Gasteiger partial charge in [0, 0.05) is 13.2 Å². The van der Waals surface area contributed by atoms with E-state index in [1.165, 1.54) is 0 Å². The molecule has 1 aliphatic rings. The van der Waals surface area contributed by atoms with E-state index >= 15 is 0 Å². The summed E-state index contributed by atoms with van der Waals surface area (Å²) in [7, 11) is 0. The SMILES string of the molecule is FC(F)NCC1CCO1. The first-order chi connectivity index (χ1) is 4.29. The highest BCUT2D eigenvalue weighted by Gasteiger charge is 2.18. The molecule has 1 unspecified atom stereocenters. The standard InChI is InChI=1S/C5H9F2NO/c6-5(7)8-3-4-1-2-9-4/h4-5,8H,1-3H2. The Balaban J connectivity index is 1.91. The molecule has 0 aromatic heterocycles. The number of alkyl halides is 2. The second-order valence-electron chi connectivity index (χ2n) is 1.99. The van der Waals surface area contributed by atoms with Gasteiger partial charge in [-0.25, -0.2) is 0 Å². The number of nitrogens with one attached hydrogen (secondary N) is 1. The van der Waals surface area contributed by atoms with Crippen LogP contribution >= 0.6 is 0 Å². The quantitative estimate of drug-likeness (QED) is 0.575. The molecule has 1 atom stereocenters. The highest BCUT2D eigenvalue weighted by molar-refractivity contribution is 4.68. The fraction of sp³-hybridized carbons (Fsp3) is 1.00. The smallest absolute Gasteiger partial charge is 0.292 e. The van der Waals surface area contributed by atoms with Gasteiger partial charge >= 0.3 is 0 Å². The highest BCUT2D eigenvalue weighted by atomic mass is 19.3. The van der Waals surface area contributed by atoms with Crippen LogP contribution in [-0.2, 0) is 4.74 Å². The van der Waals surface area contributed by atoms with Crippen molar-refractivity contribution in [3.8, 4) is 0 Å². The average Bonchev–Trinajstić information content (AvgIpc) is 1.60. The Hall–Kier alpha value is -0.220. The Kier molecular flexibility index (Phi) is 2.36. The second kappa shape index (κ2) is 3.08. The van der Waals surface area contributed by atoms with Crippen molar-refractivity contribution in [3.05, 3.63) is 0 Å². The summed E-state index contributed by atoms with van der Waals surface area (Å²) in [6.45, 7) is -1.41. The summed E-state index contributed by atoms with van der Waals surface area (Å²) in [5.74, 6) is 0. The van der Waals surface area contributed by atoms with E-state index < -0.39 is 6.55 Å². The molecule has 0 bridgehead atoms. The minimum Gasteiger partial charge on any atom is -0.377 e. The zero-order chi connectivity index (χ0) is 6.69. The largest absolute Gasteiger partial charge is 0.377 e. The van der Waals surface area contributed by atoms with E-state index in [1.54, 1.807) is 0 Å². The third-order valence-corrected chi connectivity index (χ3v) is 1.29. The highest BCUT2D eigenvalue weighted by Crippen LogP contribution is 2.09. The van der Waals surface area contributed by atoms with Crippen LogP contribution in [-0.4, -0.2) is 25.8 Å². The summed E-state index contributed by atoms with van der Waals surface area (Å²) in [4.78, 5) is 0. The number of hydrogen-bond acceptors (Lipinski definition) is 2. The van der Waals surface area contributed by atoms with Gasteiger partial charge in [-0.15, -0.1) is 0 Å². The van der Waals surface area contributed by atoms with Crippen molar-refractivity contribution >= 4 is 0 Å². The van der Waals surface area contributed by atoms with E-state index in [9.17, 15) is 8.78 Å². The summed E-state index contributed by atoms with van der Waals surface area (Å²) >= 11 is 0. The normalized spacial score (nSPS) is 26.3. The predicted molar refractivity (Wildman–Crippen MR) is 28.4 cm³/mol. The van der Waals surface area contributed by atoms with Gasteiger partial charge in [-0.3, -0.25) is 5.32 Å². The molecule has 0 aromatic rings. The molecule has 1 N–H and O–H groups in total. The van der Waals surface area contributed by atoms with Crippen LogP contribution in [0.1, 0.15) is 6.42 Å².